The molecule has 2 heterocycles. The zero-order valence-electron chi connectivity index (χ0n) is 24.3. The fourth-order valence-electron chi connectivity index (χ4n) is 5.64. The van der Waals surface area contributed by atoms with Gasteiger partial charge >= 0.3 is 0 Å². The summed E-state index contributed by atoms with van der Waals surface area (Å²) in [5, 5.41) is 24.2. The van der Waals surface area contributed by atoms with Crippen molar-refractivity contribution in [2.75, 3.05) is 39.6 Å². The van der Waals surface area contributed by atoms with Gasteiger partial charge in [-0.2, -0.15) is 4.31 Å². The van der Waals surface area contributed by atoms with Crippen LogP contribution in [0.4, 0.5) is 4.79 Å². The summed E-state index contributed by atoms with van der Waals surface area (Å²) in [5.41, 5.74) is 6.03. The van der Waals surface area contributed by atoms with Gasteiger partial charge in [-0.25, -0.2) is 8.42 Å². The molecular formula is C30H42N3O8S-. The van der Waals surface area contributed by atoms with E-state index >= 15 is 0 Å². The number of benzene rings is 2. The number of carbonyl (C=O) groups excluding carboxylic acids is 1. The molecule has 4 rings (SSSR count). The third kappa shape index (κ3) is 7.93. The van der Waals surface area contributed by atoms with Crippen molar-refractivity contribution in [1.29, 1.82) is 0 Å². The minimum Gasteiger partial charge on any atom is -0.530 e. The van der Waals surface area contributed by atoms with Crippen LogP contribution in [0.25, 0.3) is 0 Å². The van der Waals surface area contributed by atoms with Crippen LogP contribution in [0.2, 0.25) is 0 Å². The largest absolute Gasteiger partial charge is 0.530 e. The fraction of sp³-hybridized carbons (Fsp3) is 0.567. The number of amides is 1. The lowest BCUT2D eigenvalue weighted by atomic mass is 9.87. The second kappa shape index (κ2) is 14.0. The summed E-state index contributed by atoms with van der Waals surface area (Å²) in [4.78, 5) is 13.6. The molecule has 1 fully saturated rings. The monoisotopic (exact) mass is 604 g/mol. The Hall–Kier alpha value is -2.90. The van der Waals surface area contributed by atoms with E-state index in [0.717, 1.165) is 23.3 Å². The Morgan fingerprint density at radius 3 is 2.55 bits per heavy atom. The fourth-order valence-corrected chi connectivity index (χ4v) is 7.30. The first-order valence-corrected chi connectivity index (χ1v) is 15.8. The van der Waals surface area contributed by atoms with Gasteiger partial charge in [-0.05, 0) is 55.3 Å². The van der Waals surface area contributed by atoms with E-state index < -0.39 is 39.7 Å². The van der Waals surface area contributed by atoms with Crippen LogP contribution < -0.4 is 20.3 Å². The van der Waals surface area contributed by atoms with Crippen molar-refractivity contribution in [2.24, 2.45) is 11.1 Å². The predicted molar refractivity (Wildman–Crippen MR) is 154 cm³/mol. The van der Waals surface area contributed by atoms with Gasteiger partial charge in [-0.15, -0.1) is 0 Å². The summed E-state index contributed by atoms with van der Waals surface area (Å²) in [6.45, 7) is 4.84. The molecule has 3 N–H and O–H groups in total. The molecule has 3 atom stereocenters. The highest BCUT2D eigenvalue weighted by Gasteiger charge is 2.38. The van der Waals surface area contributed by atoms with Crippen LogP contribution in [0.15, 0.2) is 53.4 Å². The van der Waals surface area contributed by atoms with Gasteiger partial charge in [-0.3, -0.25) is 0 Å². The molecule has 0 aromatic heterocycles. The smallest absolute Gasteiger partial charge is 0.243 e. The Labute approximate surface area is 248 Å². The molecule has 2 aliphatic heterocycles. The number of nitrogens with two attached hydrogens (primary N) is 1. The second-order valence-corrected chi connectivity index (χ2v) is 13.7. The third-order valence-electron chi connectivity index (χ3n) is 7.88. The van der Waals surface area contributed by atoms with Crippen LogP contribution in [-0.2, 0) is 21.2 Å². The lowest BCUT2D eigenvalue weighted by Gasteiger charge is -2.42. The number of aliphatic hydroxyl groups excluding tert-OH is 1. The molecule has 0 bridgehead atoms. The highest BCUT2D eigenvalue weighted by molar-refractivity contribution is 7.89. The van der Waals surface area contributed by atoms with E-state index in [4.69, 9.17) is 19.9 Å². The normalized spacial score (nSPS) is 18.3. The SMILES string of the molecule is CC(C)(CCCCN)CN(C[C@@H](O)[C@H](Cc1ccccc1)N(C(=O)[O-])[C@H]1CCOC1)S(=O)(=O)c1ccc2c(c1)OCO2. The maximum atomic E-state index is 14.2. The van der Waals surface area contributed by atoms with E-state index in [1.54, 1.807) is 6.07 Å². The van der Waals surface area contributed by atoms with Gasteiger partial charge in [0.25, 0.3) is 0 Å². The summed E-state index contributed by atoms with van der Waals surface area (Å²) in [6, 6.07) is 12.2. The van der Waals surface area contributed by atoms with E-state index in [9.17, 15) is 23.4 Å². The lowest BCUT2D eigenvalue weighted by molar-refractivity contribution is -0.272. The summed E-state index contributed by atoms with van der Waals surface area (Å²) in [6.07, 6.45) is 0.171. The molecule has 1 saturated heterocycles. The van der Waals surface area contributed by atoms with Gasteiger partial charge in [-0.1, -0.05) is 50.6 Å². The molecular weight excluding hydrogens is 562 g/mol. The van der Waals surface area contributed by atoms with Crippen LogP contribution in [0.3, 0.4) is 0 Å². The Balaban J connectivity index is 1.68. The summed E-state index contributed by atoms with van der Waals surface area (Å²) in [5.74, 6) is 0.777. The number of aliphatic hydroxyl groups is 1. The van der Waals surface area contributed by atoms with Crippen LogP contribution in [0.1, 0.15) is 45.1 Å². The topological polar surface area (TPSA) is 155 Å². The first-order chi connectivity index (χ1) is 20.0. The molecule has 2 aliphatic rings. The van der Waals surface area contributed by atoms with Gasteiger partial charge in [0.2, 0.25) is 16.8 Å². The van der Waals surface area contributed by atoms with E-state index in [1.165, 1.54) is 16.4 Å². The van der Waals surface area contributed by atoms with Gasteiger partial charge in [0, 0.05) is 25.8 Å². The predicted octanol–water partition coefficient (Wildman–Crippen LogP) is 1.97. The minimum absolute atomic E-state index is 0.000538. The molecule has 2 aromatic carbocycles. The van der Waals surface area contributed by atoms with E-state index in [0.29, 0.717) is 37.5 Å². The Morgan fingerprint density at radius 2 is 1.88 bits per heavy atom. The number of hydrogen-bond donors (Lipinski definition) is 2. The van der Waals surface area contributed by atoms with Gasteiger partial charge in [0.1, 0.15) is 6.09 Å². The van der Waals surface area contributed by atoms with Crippen LogP contribution in [-0.4, -0.2) is 86.7 Å². The molecule has 0 radical (unpaired) electrons. The average Bonchev–Trinajstić information content (AvgIpc) is 3.65. The highest BCUT2D eigenvalue weighted by Crippen LogP contribution is 2.36. The first kappa shape index (κ1) is 32.0. The first-order valence-electron chi connectivity index (χ1n) is 14.4. The van der Waals surface area contributed by atoms with Crippen molar-refractivity contribution in [3.05, 3.63) is 54.1 Å². The van der Waals surface area contributed by atoms with E-state index in [1.807, 2.05) is 44.2 Å². The number of nitrogens with zero attached hydrogens (tertiary/aromatic N) is 2. The van der Waals surface area contributed by atoms with Crippen molar-refractivity contribution in [3.63, 3.8) is 0 Å². The maximum Gasteiger partial charge on any atom is 0.243 e. The van der Waals surface area contributed by atoms with E-state index in [-0.39, 0.29) is 37.8 Å². The number of fused-ring (bicyclic) bond motifs is 1. The quantitative estimate of drug-likeness (QED) is 0.290. The van der Waals surface area contributed by atoms with Crippen LogP contribution >= 0.6 is 0 Å². The molecule has 12 heteroatoms. The zero-order chi connectivity index (χ0) is 30.3. The molecule has 0 unspecified atom stereocenters. The average molecular weight is 605 g/mol. The number of carboxylic acid groups (broad SMARTS) is 1. The number of ether oxygens (including phenoxy) is 3. The highest BCUT2D eigenvalue weighted by atomic mass is 32.2. The molecule has 0 saturated carbocycles. The van der Waals surface area contributed by atoms with E-state index in [2.05, 4.69) is 0 Å². The zero-order valence-corrected chi connectivity index (χ0v) is 25.1. The molecule has 42 heavy (non-hydrogen) atoms. The second-order valence-electron chi connectivity index (χ2n) is 11.7. The van der Waals surface area contributed by atoms with Gasteiger partial charge in [0.15, 0.2) is 11.5 Å². The number of hydrogen-bond acceptors (Lipinski definition) is 9. The Morgan fingerprint density at radius 1 is 1.14 bits per heavy atom. The van der Waals surface area contributed by atoms with Crippen molar-refractivity contribution < 1.29 is 37.6 Å². The Kier molecular flexibility index (Phi) is 10.7. The van der Waals surface area contributed by atoms with Crippen molar-refractivity contribution in [1.82, 2.24) is 9.21 Å². The van der Waals surface area contributed by atoms with Crippen LogP contribution in [0, 0.1) is 5.41 Å². The Bertz CT molecular complexity index is 1280. The van der Waals surface area contributed by atoms with Gasteiger partial charge < -0.3 is 39.9 Å². The maximum absolute atomic E-state index is 14.2. The molecule has 11 nitrogen and oxygen atoms in total. The third-order valence-corrected chi connectivity index (χ3v) is 9.69. The number of unbranched alkanes of at least 4 members (excludes halogenated alkanes) is 1. The van der Waals surface area contributed by atoms with Gasteiger partial charge in [0.05, 0.1) is 29.7 Å². The lowest BCUT2D eigenvalue weighted by Crippen LogP contribution is -2.59. The molecule has 232 valence electrons. The summed E-state index contributed by atoms with van der Waals surface area (Å²) < 4.78 is 45.8. The molecule has 2 aromatic rings. The summed E-state index contributed by atoms with van der Waals surface area (Å²) in [7, 11) is -4.15. The summed E-state index contributed by atoms with van der Waals surface area (Å²) >= 11 is 0. The molecule has 0 aliphatic carbocycles. The van der Waals surface area contributed by atoms with Crippen LogP contribution in [0.5, 0.6) is 11.5 Å². The van der Waals surface area contributed by atoms with Crippen molar-refractivity contribution >= 4 is 16.1 Å². The standard InChI is InChI=1S/C30H43N3O8S/c1-30(2,13-6-7-14-31)20-32(42(37,38)24-10-11-27-28(17-24)41-21-40-27)18-26(34)25(16-22-8-4-3-5-9-22)33(29(35)36)23-12-15-39-19-23/h3-5,8-11,17,23,25-26,34H,6-7,12-16,18-21,31H2,1-2H3,(H,35,36)/p-1/t23-,25-,26+/m0/s1. The van der Waals surface area contributed by atoms with Crippen molar-refractivity contribution in [2.45, 2.75) is 69.0 Å². The molecule has 0 spiro atoms. The van der Waals surface area contributed by atoms with Crippen molar-refractivity contribution in [3.8, 4) is 11.5 Å². The number of rotatable bonds is 15. The minimum atomic E-state index is -4.15. The molecule has 1 amide bonds. The number of sulfonamides is 1. The number of carbonyl (C=O) groups is 1.